The molecule has 1 amide bonds. The van der Waals surface area contributed by atoms with Crippen molar-refractivity contribution in [2.24, 2.45) is 0 Å². The first-order chi connectivity index (χ1) is 10.5. The molecule has 0 spiro atoms. The molecule has 5 nitrogen and oxygen atoms in total. The number of aryl methyl sites for hydroxylation is 1. The van der Waals surface area contributed by atoms with Gasteiger partial charge in [0.05, 0.1) is 37.4 Å². The summed E-state index contributed by atoms with van der Waals surface area (Å²) in [6.07, 6.45) is 0.285. The van der Waals surface area contributed by atoms with Crippen LogP contribution in [0.2, 0.25) is 0 Å². The van der Waals surface area contributed by atoms with Gasteiger partial charge in [0.2, 0.25) is 5.91 Å². The highest BCUT2D eigenvalue weighted by Crippen LogP contribution is 2.29. The molecule has 1 unspecified atom stereocenters. The Kier molecular flexibility index (Phi) is 5.38. The molecule has 118 valence electrons. The first kappa shape index (κ1) is 16.3. The molecule has 1 atom stereocenters. The van der Waals surface area contributed by atoms with Gasteiger partial charge >= 0.3 is 0 Å². The van der Waals surface area contributed by atoms with Crippen LogP contribution in [0.15, 0.2) is 23.6 Å². The zero-order valence-electron chi connectivity index (χ0n) is 13.2. The van der Waals surface area contributed by atoms with Crippen LogP contribution in [0.4, 0.5) is 0 Å². The zero-order valence-corrected chi connectivity index (χ0v) is 14.0. The van der Waals surface area contributed by atoms with Crippen molar-refractivity contribution in [1.82, 2.24) is 10.3 Å². The number of carbonyl (C=O) groups is 1. The molecular weight excluding hydrogens is 300 g/mol. The minimum Gasteiger partial charge on any atom is -0.497 e. The Morgan fingerprint density at radius 2 is 2.14 bits per heavy atom. The molecule has 0 saturated heterocycles. The van der Waals surface area contributed by atoms with E-state index < -0.39 is 0 Å². The van der Waals surface area contributed by atoms with Crippen molar-refractivity contribution in [3.8, 4) is 11.5 Å². The van der Waals surface area contributed by atoms with Crippen LogP contribution in [0.3, 0.4) is 0 Å². The van der Waals surface area contributed by atoms with E-state index in [1.165, 1.54) is 0 Å². The van der Waals surface area contributed by atoms with E-state index in [2.05, 4.69) is 10.3 Å². The molecule has 0 aliphatic carbocycles. The standard InChI is InChI=1S/C16H20N2O3S/c1-10(14-6-5-13(20-3)8-15(14)21-4)17-16(19)7-12-9-22-11(2)18-12/h5-6,8-10H,7H2,1-4H3,(H,17,19). The Hall–Kier alpha value is -2.08. The first-order valence-corrected chi connectivity index (χ1v) is 7.83. The van der Waals surface area contributed by atoms with Crippen molar-refractivity contribution >= 4 is 17.2 Å². The highest BCUT2D eigenvalue weighted by atomic mass is 32.1. The van der Waals surface area contributed by atoms with Crippen molar-refractivity contribution in [3.05, 3.63) is 39.8 Å². The largest absolute Gasteiger partial charge is 0.497 e. The lowest BCUT2D eigenvalue weighted by atomic mass is 10.1. The Morgan fingerprint density at radius 1 is 1.36 bits per heavy atom. The smallest absolute Gasteiger partial charge is 0.226 e. The Morgan fingerprint density at radius 3 is 2.73 bits per heavy atom. The lowest BCUT2D eigenvalue weighted by Gasteiger charge is -2.18. The van der Waals surface area contributed by atoms with Gasteiger partial charge in [-0.25, -0.2) is 4.98 Å². The average Bonchev–Trinajstić information content (AvgIpc) is 2.91. The summed E-state index contributed by atoms with van der Waals surface area (Å²) < 4.78 is 10.5. The second-order valence-corrected chi connectivity index (χ2v) is 5.99. The molecule has 1 N–H and O–H groups in total. The second kappa shape index (κ2) is 7.26. The van der Waals surface area contributed by atoms with Crippen LogP contribution >= 0.6 is 11.3 Å². The number of carbonyl (C=O) groups excluding carboxylic acids is 1. The molecule has 0 bridgehead atoms. The SMILES string of the molecule is COc1ccc(C(C)NC(=O)Cc2csc(C)n2)c(OC)c1. The number of hydrogen-bond acceptors (Lipinski definition) is 5. The van der Waals surface area contributed by atoms with Crippen LogP contribution in [-0.2, 0) is 11.2 Å². The number of methoxy groups -OCH3 is 2. The molecule has 22 heavy (non-hydrogen) atoms. The predicted octanol–water partition coefficient (Wildman–Crippen LogP) is 2.89. The van der Waals surface area contributed by atoms with E-state index in [1.54, 1.807) is 25.6 Å². The second-order valence-electron chi connectivity index (χ2n) is 4.93. The summed E-state index contributed by atoms with van der Waals surface area (Å²) >= 11 is 1.55. The molecule has 1 heterocycles. The number of nitrogens with zero attached hydrogens (tertiary/aromatic N) is 1. The van der Waals surface area contributed by atoms with E-state index in [9.17, 15) is 4.79 Å². The lowest BCUT2D eigenvalue weighted by Crippen LogP contribution is -2.28. The number of thiazole rings is 1. The molecule has 2 rings (SSSR count). The number of hydrogen-bond donors (Lipinski definition) is 1. The minimum atomic E-state index is -0.159. The molecule has 1 aromatic carbocycles. The van der Waals surface area contributed by atoms with Crippen molar-refractivity contribution in [2.75, 3.05) is 14.2 Å². The summed E-state index contributed by atoms with van der Waals surface area (Å²) in [7, 11) is 3.21. The van der Waals surface area contributed by atoms with Crippen LogP contribution in [0.5, 0.6) is 11.5 Å². The summed E-state index contributed by atoms with van der Waals surface area (Å²) in [4.78, 5) is 16.4. The molecule has 6 heteroatoms. The molecular formula is C16H20N2O3S. The van der Waals surface area contributed by atoms with Crippen molar-refractivity contribution < 1.29 is 14.3 Å². The fourth-order valence-electron chi connectivity index (χ4n) is 2.20. The summed E-state index contributed by atoms with van der Waals surface area (Å²) in [5, 5.41) is 5.85. The monoisotopic (exact) mass is 320 g/mol. The highest BCUT2D eigenvalue weighted by Gasteiger charge is 2.15. The molecule has 1 aromatic heterocycles. The normalized spacial score (nSPS) is 11.8. The lowest BCUT2D eigenvalue weighted by molar-refractivity contribution is -0.121. The maximum absolute atomic E-state index is 12.1. The van der Waals surface area contributed by atoms with Gasteiger partial charge in [0.25, 0.3) is 0 Å². The molecule has 0 radical (unpaired) electrons. The molecule has 0 fully saturated rings. The van der Waals surface area contributed by atoms with Gasteiger partial charge in [-0.15, -0.1) is 11.3 Å². The van der Waals surface area contributed by atoms with Crippen molar-refractivity contribution in [3.63, 3.8) is 0 Å². The summed E-state index contributed by atoms with van der Waals surface area (Å²) in [6, 6.07) is 5.40. The molecule has 0 aliphatic rings. The summed E-state index contributed by atoms with van der Waals surface area (Å²) in [5.41, 5.74) is 1.71. The van der Waals surface area contributed by atoms with E-state index in [0.717, 1.165) is 22.0 Å². The molecule has 2 aromatic rings. The number of amides is 1. The van der Waals surface area contributed by atoms with Gasteiger partial charge in [0.15, 0.2) is 0 Å². The van der Waals surface area contributed by atoms with Crippen LogP contribution in [-0.4, -0.2) is 25.1 Å². The van der Waals surface area contributed by atoms with Gasteiger partial charge < -0.3 is 14.8 Å². The topological polar surface area (TPSA) is 60.5 Å². The average molecular weight is 320 g/mol. The third-order valence-electron chi connectivity index (χ3n) is 3.29. The van der Waals surface area contributed by atoms with E-state index >= 15 is 0 Å². The minimum absolute atomic E-state index is 0.0596. The number of ether oxygens (including phenoxy) is 2. The van der Waals surface area contributed by atoms with Crippen LogP contribution in [0, 0.1) is 6.92 Å². The van der Waals surface area contributed by atoms with E-state index in [-0.39, 0.29) is 18.4 Å². The number of aromatic nitrogens is 1. The van der Waals surface area contributed by atoms with Gasteiger partial charge in [-0.1, -0.05) is 0 Å². The molecule has 0 aliphatic heterocycles. The van der Waals surface area contributed by atoms with E-state index in [0.29, 0.717) is 5.75 Å². The van der Waals surface area contributed by atoms with E-state index in [4.69, 9.17) is 9.47 Å². The van der Waals surface area contributed by atoms with Gasteiger partial charge in [-0.05, 0) is 26.0 Å². The highest BCUT2D eigenvalue weighted by molar-refractivity contribution is 7.09. The third kappa shape index (κ3) is 3.98. The van der Waals surface area contributed by atoms with Crippen LogP contribution in [0.25, 0.3) is 0 Å². The molecule has 0 saturated carbocycles. The van der Waals surface area contributed by atoms with Crippen LogP contribution in [0.1, 0.15) is 29.2 Å². The zero-order chi connectivity index (χ0) is 16.1. The summed E-state index contributed by atoms with van der Waals surface area (Å²) in [6.45, 7) is 3.85. The first-order valence-electron chi connectivity index (χ1n) is 6.95. The number of benzene rings is 1. The van der Waals surface area contributed by atoms with Gasteiger partial charge in [0, 0.05) is 17.0 Å². The maximum Gasteiger partial charge on any atom is 0.226 e. The predicted molar refractivity (Wildman–Crippen MR) is 86.7 cm³/mol. The van der Waals surface area contributed by atoms with Gasteiger partial charge in [-0.3, -0.25) is 4.79 Å². The maximum atomic E-state index is 12.1. The third-order valence-corrected chi connectivity index (χ3v) is 4.12. The van der Waals surface area contributed by atoms with E-state index in [1.807, 2.05) is 37.4 Å². The Bertz CT molecular complexity index is 655. The fraction of sp³-hybridized carbons (Fsp3) is 0.375. The van der Waals surface area contributed by atoms with Gasteiger partial charge in [0.1, 0.15) is 11.5 Å². The Labute approximate surface area is 134 Å². The fourth-order valence-corrected chi connectivity index (χ4v) is 2.81. The number of rotatable bonds is 6. The van der Waals surface area contributed by atoms with Crippen LogP contribution < -0.4 is 14.8 Å². The quantitative estimate of drug-likeness (QED) is 0.889. The van der Waals surface area contributed by atoms with Crippen molar-refractivity contribution in [1.29, 1.82) is 0 Å². The number of nitrogens with one attached hydrogen (secondary N) is 1. The van der Waals surface area contributed by atoms with Gasteiger partial charge in [-0.2, -0.15) is 0 Å². The van der Waals surface area contributed by atoms with Crippen molar-refractivity contribution in [2.45, 2.75) is 26.3 Å². The summed E-state index contributed by atoms with van der Waals surface area (Å²) in [5.74, 6) is 1.35. The Balaban J connectivity index is 2.05.